The SMILES string of the molecule is CN(CCC(=O)N1CCc2sccc2C1)Cc1ccc(C#N)cc1. The van der Waals surface area contributed by atoms with Crippen molar-refractivity contribution in [3.63, 3.8) is 0 Å². The molecule has 124 valence electrons. The molecule has 0 atom stereocenters. The lowest BCUT2D eigenvalue weighted by Crippen LogP contribution is -2.37. The van der Waals surface area contributed by atoms with Crippen LogP contribution in [-0.2, 0) is 24.3 Å². The summed E-state index contributed by atoms with van der Waals surface area (Å²) in [6.45, 7) is 3.13. The highest BCUT2D eigenvalue weighted by molar-refractivity contribution is 7.10. The van der Waals surface area contributed by atoms with Crippen molar-refractivity contribution < 1.29 is 4.79 Å². The van der Waals surface area contributed by atoms with Gasteiger partial charge in [0.25, 0.3) is 0 Å². The highest BCUT2D eigenvalue weighted by Crippen LogP contribution is 2.24. The Kier molecular flexibility index (Phi) is 5.29. The van der Waals surface area contributed by atoms with Crippen LogP contribution >= 0.6 is 11.3 Å². The Morgan fingerprint density at radius 3 is 2.88 bits per heavy atom. The predicted molar refractivity (Wildman–Crippen MR) is 95.5 cm³/mol. The zero-order valence-electron chi connectivity index (χ0n) is 13.9. The molecule has 1 amide bonds. The van der Waals surface area contributed by atoms with E-state index < -0.39 is 0 Å². The van der Waals surface area contributed by atoms with Crippen molar-refractivity contribution in [2.24, 2.45) is 0 Å². The summed E-state index contributed by atoms with van der Waals surface area (Å²) in [6.07, 6.45) is 1.53. The van der Waals surface area contributed by atoms with Crippen molar-refractivity contribution in [3.8, 4) is 6.07 Å². The minimum atomic E-state index is 0.235. The highest BCUT2D eigenvalue weighted by Gasteiger charge is 2.21. The van der Waals surface area contributed by atoms with Gasteiger partial charge >= 0.3 is 0 Å². The quantitative estimate of drug-likeness (QED) is 0.841. The third-order valence-electron chi connectivity index (χ3n) is 4.40. The van der Waals surface area contributed by atoms with Crippen LogP contribution in [0.4, 0.5) is 0 Å². The van der Waals surface area contributed by atoms with Crippen LogP contribution in [0, 0.1) is 11.3 Å². The van der Waals surface area contributed by atoms with Crippen LogP contribution in [0.25, 0.3) is 0 Å². The molecule has 1 aromatic carbocycles. The van der Waals surface area contributed by atoms with Gasteiger partial charge in [0.2, 0.25) is 5.91 Å². The monoisotopic (exact) mass is 339 g/mol. The third kappa shape index (κ3) is 4.02. The maximum atomic E-state index is 12.4. The van der Waals surface area contributed by atoms with E-state index in [0.717, 1.165) is 38.2 Å². The van der Waals surface area contributed by atoms with Crippen LogP contribution in [0.1, 0.15) is 28.0 Å². The summed E-state index contributed by atoms with van der Waals surface area (Å²) in [5.41, 5.74) is 3.14. The van der Waals surface area contributed by atoms with E-state index in [0.29, 0.717) is 12.0 Å². The number of benzene rings is 1. The minimum Gasteiger partial charge on any atom is -0.338 e. The van der Waals surface area contributed by atoms with Crippen molar-refractivity contribution in [1.82, 2.24) is 9.80 Å². The van der Waals surface area contributed by atoms with Crippen LogP contribution in [0.15, 0.2) is 35.7 Å². The number of hydrogen-bond donors (Lipinski definition) is 0. The largest absolute Gasteiger partial charge is 0.338 e. The van der Waals surface area contributed by atoms with Crippen LogP contribution in [0.2, 0.25) is 0 Å². The molecule has 0 N–H and O–H groups in total. The predicted octanol–water partition coefficient (Wildman–Crippen LogP) is 3.03. The van der Waals surface area contributed by atoms with E-state index in [1.54, 1.807) is 11.3 Å². The van der Waals surface area contributed by atoms with Gasteiger partial charge in [0.1, 0.15) is 0 Å². The summed E-state index contributed by atoms with van der Waals surface area (Å²) < 4.78 is 0. The van der Waals surface area contributed by atoms with Gasteiger partial charge < -0.3 is 9.80 Å². The number of nitriles is 1. The molecule has 2 heterocycles. The molecule has 1 aliphatic heterocycles. The van der Waals surface area contributed by atoms with E-state index in [1.807, 2.05) is 36.2 Å². The molecule has 0 saturated carbocycles. The Hall–Kier alpha value is -2.16. The van der Waals surface area contributed by atoms with Gasteiger partial charge in [-0.15, -0.1) is 11.3 Å². The summed E-state index contributed by atoms with van der Waals surface area (Å²) in [4.78, 5) is 18.0. The molecule has 0 unspecified atom stereocenters. The second-order valence-corrected chi connectivity index (χ2v) is 7.23. The van der Waals surface area contributed by atoms with Crippen LogP contribution < -0.4 is 0 Å². The van der Waals surface area contributed by atoms with E-state index >= 15 is 0 Å². The molecule has 24 heavy (non-hydrogen) atoms. The molecule has 0 fully saturated rings. The average molecular weight is 339 g/mol. The lowest BCUT2D eigenvalue weighted by atomic mass is 10.1. The number of hydrogen-bond acceptors (Lipinski definition) is 4. The van der Waals surface area contributed by atoms with Gasteiger partial charge in [-0.1, -0.05) is 12.1 Å². The number of rotatable bonds is 5. The van der Waals surface area contributed by atoms with Crippen molar-refractivity contribution in [3.05, 3.63) is 57.3 Å². The van der Waals surface area contributed by atoms with E-state index in [-0.39, 0.29) is 5.91 Å². The van der Waals surface area contributed by atoms with Crippen molar-refractivity contribution in [2.45, 2.75) is 25.9 Å². The van der Waals surface area contributed by atoms with E-state index in [9.17, 15) is 4.79 Å². The Bertz CT molecular complexity index is 745. The lowest BCUT2D eigenvalue weighted by Gasteiger charge is -2.28. The standard InChI is InChI=1S/C19H21N3OS/c1-21(13-16-4-2-15(12-20)3-5-16)9-7-19(23)22-10-6-18-17(14-22)8-11-24-18/h2-5,8,11H,6-7,9-10,13-14H2,1H3. The Morgan fingerprint density at radius 2 is 2.12 bits per heavy atom. The molecule has 0 bridgehead atoms. The van der Waals surface area contributed by atoms with Gasteiger partial charge in [-0.2, -0.15) is 5.26 Å². The number of carbonyl (C=O) groups excluding carboxylic acids is 1. The van der Waals surface area contributed by atoms with Crippen LogP contribution in [0.3, 0.4) is 0 Å². The first-order chi connectivity index (χ1) is 11.7. The molecule has 4 nitrogen and oxygen atoms in total. The first-order valence-electron chi connectivity index (χ1n) is 8.16. The molecule has 0 aliphatic carbocycles. The molecule has 5 heteroatoms. The van der Waals surface area contributed by atoms with Crippen LogP contribution in [0.5, 0.6) is 0 Å². The van der Waals surface area contributed by atoms with Crippen molar-refractivity contribution >= 4 is 17.2 Å². The number of thiophene rings is 1. The molecule has 1 aliphatic rings. The number of fused-ring (bicyclic) bond motifs is 1. The number of carbonyl (C=O) groups is 1. The smallest absolute Gasteiger partial charge is 0.224 e. The third-order valence-corrected chi connectivity index (χ3v) is 5.43. The van der Waals surface area contributed by atoms with Crippen molar-refractivity contribution in [2.75, 3.05) is 20.1 Å². The van der Waals surface area contributed by atoms with Crippen LogP contribution in [-0.4, -0.2) is 35.8 Å². The van der Waals surface area contributed by atoms with E-state index in [2.05, 4.69) is 22.4 Å². The van der Waals surface area contributed by atoms with Gasteiger partial charge in [0, 0.05) is 37.5 Å². The molecule has 0 saturated heterocycles. The Labute approximate surface area is 146 Å². The summed E-state index contributed by atoms with van der Waals surface area (Å²) in [7, 11) is 2.03. The molecule has 3 rings (SSSR count). The Morgan fingerprint density at radius 1 is 1.33 bits per heavy atom. The first kappa shape index (κ1) is 16.7. The second kappa shape index (κ2) is 7.61. The first-order valence-corrected chi connectivity index (χ1v) is 9.04. The second-order valence-electron chi connectivity index (χ2n) is 6.23. The summed E-state index contributed by atoms with van der Waals surface area (Å²) in [5, 5.41) is 10.9. The van der Waals surface area contributed by atoms with Gasteiger partial charge in [0.15, 0.2) is 0 Å². The normalized spacial score (nSPS) is 13.6. The fraction of sp³-hybridized carbons (Fsp3) is 0.368. The maximum Gasteiger partial charge on any atom is 0.224 e. The van der Waals surface area contributed by atoms with Gasteiger partial charge in [-0.3, -0.25) is 4.79 Å². The molecular formula is C19H21N3OS. The number of nitrogens with zero attached hydrogens (tertiary/aromatic N) is 3. The molecule has 2 aromatic rings. The fourth-order valence-corrected chi connectivity index (χ4v) is 3.87. The van der Waals surface area contributed by atoms with Gasteiger partial charge in [0.05, 0.1) is 11.6 Å². The maximum absolute atomic E-state index is 12.4. The van der Waals surface area contributed by atoms with Gasteiger partial charge in [-0.25, -0.2) is 0 Å². The number of amides is 1. The lowest BCUT2D eigenvalue weighted by molar-refractivity contribution is -0.132. The average Bonchev–Trinajstić information content (AvgIpc) is 3.08. The van der Waals surface area contributed by atoms with E-state index in [4.69, 9.17) is 5.26 Å². The zero-order chi connectivity index (χ0) is 16.9. The topological polar surface area (TPSA) is 47.3 Å². The van der Waals surface area contributed by atoms with Gasteiger partial charge in [-0.05, 0) is 48.2 Å². The molecule has 0 spiro atoms. The minimum absolute atomic E-state index is 0.235. The summed E-state index contributed by atoms with van der Waals surface area (Å²) in [5.74, 6) is 0.235. The highest BCUT2D eigenvalue weighted by atomic mass is 32.1. The summed E-state index contributed by atoms with van der Waals surface area (Å²) >= 11 is 1.79. The zero-order valence-corrected chi connectivity index (χ0v) is 14.7. The van der Waals surface area contributed by atoms with E-state index in [1.165, 1.54) is 10.4 Å². The fourth-order valence-electron chi connectivity index (χ4n) is 2.98. The molecular weight excluding hydrogens is 318 g/mol. The summed E-state index contributed by atoms with van der Waals surface area (Å²) in [6, 6.07) is 11.9. The molecule has 1 aromatic heterocycles. The Balaban J connectivity index is 1.46. The molecule has 0 radical (unpaired) electrons. The van der Waals surface area contributed by atoms with Crippen molar-refractivity contribution in [1.29, 1.82) is 5.26 Å².